The van der Waals surface area contributed by atoms with Gasteiger partial charge in [0.05, 0.1) is 19.0 Å². The summed E-state index contributed by atoms with van der Waals surface area (Å²) in [5.41, 5.74) is 2.22. The van der Waals surface area contributed by atoms with Crippen LogP contribution in [-0.4, -0.2) is 55.4 Å². The van der Waals surface area contributed by atoms with E-state index in [1.165, 1.54) is 11.8 Å². The number of esters is 1. The van der Waals surface area contributed by atoms with E-state index in [1.807, 2.05) is 26.0 Å². The summed E-state index contributed by atoms with van der Waals surface area (Å²) in [6, 6.07) is 4.07. The molecule has 23 heavy (non-hydrogen) atoms. The second-order valence-electron chi connectivity index (χ2n) is 5.31. The number of carbonyl (C=O) groups excluding carboxylic acids is 2. The molecule has 0 atom stereocenters. The molecule has 0 saturated carbocycles. The zero-order valence-electron chi connectivity index (χ0n) is 13.3. The molecule has 1 amide bonds. The SMILES string of the molecule is Cc1cc(SCC(=O)OCC(=O)N2CCOCC2)c(C)cc1Br. The first-order chi connectivity index (χ1) is 11.0. The number of morpholine rings is 1. The summed E-state index contributed by atoms with van der Waals surface area (Å²) in [6.45, 7) is 6.00. The number of thioether (sulfide) groups is 1. The Hall–Kier alpha value is -1.05. The van der Waals surface area contributed by atoms with Gasteiger partial charge in [-0.15, -0.1) is 11.8 Å². The molecule has 0 spiro atoms. The lowest BCUT2D eigenvalue weighted by Gasteiger charge is -2.26. The molecule has 0 aromatic heterocycles. The number of benzene rings is 1. The average molecular weight is 402 g/mol. The molecular weight excluding hydrogens is 382 g/mol. The Balaban J connectivity index is 1.77. The van der Waals surface area contributed by atoms with Gasteiger partial charge in [-0.1, -0.05) is 15.9 Å². The predicted octanol–water partition coefficient (Wildman–Crippen LogP) is 2.56. The van der Waals surface area contributed by atoms with Crippen LogP contribution in [0.3, 0.4) is 0 Å². The van der Waals surface area contributed by atoms with E-state index in [0.29, 0.717) is 26.3 Å². The molecule has 0 aliphatic carbocycles. The highest BCUT2D eigenvalue weighted by Crippen LogP contribution is 2.28. The zero-order valence-corrected chi connectivity index (χ0v) is 15.7. The fourth-order valence-corrected chi connectivity index (χ4v) is 3.50. The van der Waals surface area contributed by atoms with Crippen LogP contribution >= 0.6 is 27.7 Å². The maximum absolute atomic E-state index is 11.9. The van der Waals surface area contributed by atoms with Crippen LogP contribution in [0.2, 0.25) is 0 Å². The summed E-state index contributed by atoms with van der Waals surface area (Å²) in [5.74, 6) is -0.350. The third-order valence-corrected chi connectivity index (χ3v) is 5.51. The lowest BCUT2D eigenvalue weighted by Crippen LogP contribution is -2.42. The Labute approximate surface area is 148 Å². The van der Waals surface area contributed by atoms with E-state index < -0.39 is 0 Å². The van der Waals surface area contributed by atoms with Crippen LogP contribution < -0.4 is 0 Å². The largest absolute Gasteiger partial charge is 0.455 e. The summed E-state index contributed by atoms with van der Waals surface area (Å²) >= 11 is 4.91. The number of carbonyl (C=O) groups is 2. The first kappa shape index (κ1) is 18.3. The molecule has 1 aliphatic heterocycles. The molecule has 0 unspecified atom stereocenters. The van der Waals surface area contributed by atoms with E-state index >= 15 is 0 Å². The number of hydrogen-bond acceptors (Lipinski definition) is 5. The maximum atomic E-state index is 11.9. The van der Waals surface area contributed by atoms with E-state index in [9.17, 15) is 9.59 Å². The van der Waals surface area contributed by atoms with Crippen molar-refractivity contribution in [3.63, 3.8) is 0 Å². The van der Waals surface area contributed by atoms with Crippen molar-refractivity contribution in [1.82, 2.24) is 4.90 Å². The Morgan fingerprint density at radius 1 is 1.26 bits per heavy atom. The second kappa shape index (κ2) is 8.70. The van der Waals surface area contributed by atoms with E-state index in [0.717, 1.165) is 20.5 Å². The molecule has 1 aromatic carbocycles. The molecular formula is C16H20BrNO4S. The molecule has 126 valence electrons. The van der Waals surface area contributed by atoms with Crippen molar-refractivity contribution >= 4 is 39.6 Å². The first-order valence-corrected chi connectivity index (χ1v) is 9.16. The topological polar surface area (TPSA) is 55.8 Å². The van der Waals surface area contributed by atoms with Crippen molar-refractivity contribution in [3.8, 4) is 0 Å². The number of aryl methyl sites for hydroxylation is 2. The number of nitrogens with zero attached hydrogens (tertiary/aromatic N) is 1. The highest BCUT2D eigenvalue weighted by molar-refractivity contribution is 9.10. The van der Waals surface area contributed by atoms with Crippen LogP contribution in [0.15, 0.2) is 21.5 Å². The van der Waals surface area contributed by atoms with Crippen LogP contribution in [0.1, 0.15) is 11.1 Å². The fraction of sp³-hybridized carbons (Fsp3) is 0.500. The second-order valence-corrected chi connectivity index (χ2v) is 7.18. The van der Waals surface area contributed by atoms with Gasteiger partial charge in [-0.05, 0) is 37.1 Å². The van der Waals surface area contributed by atoms with Gasteiger partial charge in [0.1, 0.15) is 0 Å². The minimum absolute atomic E-state index is 0.165. The molecule has 0 bridgehead atoms. The summed E-state index contributed by atoms with van der Waals surface area (Å²) in [6.07, 6.45) is 0. The predicted molar refractivity (Wildman–Crippen MR) is 92.7 cm³/mol. The van der Waals surface area contributed by atoms with Crippen LogP contribution in [0, 0.1) is 13.8 Å². The van der Waals surface area contributed by atoms with E-state index in [1.54, 1.807) is 4.90 Å². The van der Waals surface area contributed by atoms with Crippen molar-refractivity contribution < 1.29 is 19.1 Å². The van der Waals surface area contributed by atoms with Gasteiger partial charge in [0, 0.05) is 22.5 Å². The van der Waals surface area contributed by atoms with Crippen LogP contribution in [-0.2, 0) is 19.1 Å². The zero-order chi connectivity index (χ0) is 16.8. The number of rotatable bonds is 5. The molecule has 1 saturated heterocycles. The van der Waals surface area contributed by atoms with Crippen LogP contribution in [0.25, 0.3) is 0 Å². The molecule has 2 rings (SSSR count). The van der Waals surface area contributed by atoms with E-state index in [2.05, 4.69) is 15.9 Å². The molecule has 0 N–H and O–H groups in total. The summed E-state index contributed by atoms with van der Waals surface area (Å²) in [4.78, 5) is 26.4. The van der Waals surface area contributed by atoms with Crippen molar-refractivity contribution in [1.29, 1.82) is 0 Å². The van der Waals surface area contributed by atoms with E-state index in [-0.39, 0.29) is 24.2 Å². The molecule has 5 nitrogen and oxygen atoms in total. The first-order valence-electron chi connectivity index (χ1n) is 7.38. The molecule has 7 heteroatoms. The van der Waals surface area contributed by atoms with Crippen molar-refractivity contribution in [3.05, 3.63) is 27.7 Å². The minimum Gasteiger partial charge on any atom is -0.455 e. The van der Waals surface area contributed by atoms with Gasteiger partial charge < -0.3 is 14.4 Å². The molecule has 1 aromatic rings. The number of amides is 1. The van der Waals surface area contributed by atoms with Crippen LogP contribution in [0.5, 0.6) is 0 Å². The van der Waals surface area contributed by atoms with Gasteiger partial charge in [-0.2, -0.15) is 0 Å². The Morgan fingerprint density at radius 3 is 2.65 bits per heavy atom. The number of halogens is 1. The smallest absolute Gasteiger partial charge is 0.316 e. The molecule has 1 fully saturated rings. The highest BCUT2D eigenvalue weighted by atomic mass is 79.9. The lowest BCUT2D eigenvalue weighted by molar-refractivity contribution is -0.151. The highest BCUT2D eigenvalue weighted by Gasteiger charge is 2.18. The fourth-order valence-electron chi connectivity index (χ4n) is 2.13. The third kappa shape index (κ3) is 5.51. The van der Waals surface area contributed by atoms with Crippen LogP contribution in [0.4, 0.5) is 0 Å². The van der Waals surface area contributed by atoms with Crippen molar-refractivity contribution in [2.45, 2.75) is 18.7 Å². The molecule has 1 heterocycles. The monoisotopic (exact) mass is 401 g/mol. The van der Waals surface area contributed by atoms with Gasteiger partial charge in [0.2, 0.25) is 0 Å². The summed E-state index contributed by atoms with van der Waals surface area (Å²) < 4.78 is 11.3. The third-order valence-electron chi connectivity index (χ3n) is 3.52. The number of hydrogen-bond donors (Lipinski definition) is 0. The molecule has 1 aliphatic rings. The van der Waals surface area contributed by atoms with Gasteiger partial charge in [0.25, 0.3) is 5.91 Å². The Morgan fingerprint density at radius 2 is 1.96 bits per heavy atom. The van der Waals surface area contributed by atoms with Crippen molar-refractivity contribution in [2.75, 3.05) is 38.7 Å². The van der Waals surface area contributed by atoms with Gasteiger partial charge in [-0.25, -0.2) is 0 Å². The normalized spacial score (nSPS) is 14.7. The van der Waals surface area contributed by atoms with E-state index in [4.69, 9.17) is 9.47 Å². The Bertz CT molecular complexity index is 588. The quantitative estimate of drug-likeness (QED) is 0.560. The minimum atomic E-state index is -0.378. The molecule has 0 radical (unpaired) electrons. The standard InChI is InChI=1S/C16H20BrNO4S/c1-11-8-14(12(2)7-13(11)17)23-10-16(20)22-9-15(19)18-3-5-21-6-4-18/h7-8H,3-6,9-10H2,1-2H3. The average Bonchev–Trinajstić information content (AvgIpc) is 2.55. The maximum Gasteiger partial charge on any atom is 0.316 e. The summed E-state index contributed by atoms with van der Waals surface area (Å²) in [7, 11) is 0. The van der Waals surface area contributed by atoms with Gasteiger partial charge in [-0.3, -0.25) is 9.59 Å². The van der Waals surface area contributed by atoms with Gasteiger partial charge in [0.15, 0.2) is 6.61 Å². The van der Waals surface area contributed by atoms with Gasteiger partial charge >= 0.3 is 5.97 Å². The lowest BCUT2D eigenvalue weighted by atomic mass is 10.2. The summed E-state index contributed by atoms with van der Waals surface area (Å²) in [5, 5.41) is 0. The van der Waals surface area contributed by atoms with Crippen molar-refractivity contribution in [2.24, 2.45) is 0 Å². The number of ether oxygens (including phenoxy) is 2. The Kier molecular flexibility index (Phi) is 6.92.